The molecule has 2 aromatic rings. The lowest BCUT2D eigenvalue weighted by Crippen LogP contribution is -3.61. The van der Waals surface area contributed by atoms with Gasteiger partial charge in [0, 0.05) is 0 Å². The molecule has 0 bridgehead atoms. The first-order valence-electron chi connectivity index (χ1n) is 9.06. The molecule has 0 saturated heterocycles. The molecule has 2 heteroatoms. The van der Waals surface area contributed by atoms with E-state index in [1.807, 2.05) is 0 Å². The molecule has 0 aromatic heterocycles. The summed E-state index contributed by atoms with van der Waals surface area (Å²) in [5.41, 5.74) is 0. The van der Waals surface area contributed by atoms with Gasteiger partial charge in [-0.2, -0.15) is 0 Å². The van der Waals surface area contributed by atoms with Gasteiger partial charge in [-0.05, 0) is 54.7 Å². The third kappa shape index (κ3) is 7.69. The van der Waals surface area contributed by atoms with E-state index < -0.39 is 0 Å². The molecule has 0 aliphatic carbocycles. The molecule has 1 nitrogen and oxygen atoms in total. The highest BCUT2D eigenvalue weighted by Gasteiger charge is 2.14. The predicted octanol–water partition coefficient (Wildman–Crippen LogP) is 3.05. The van der Waals surface area contributed by atoms with E-state index in [1.165, 1.54) is 26.4 Å². The van der Waals surface area contributed by atoms with E-state index in [0.717, 1.165) is 30.6 Å². The molecule has 0 radical (unpaired) electrons. The van der Waals surface area contributed by atoms with E-state index in [1.54, 1.807) is 0 Å². The normalized spacial score (nSPS) is 12.3. The van der Waals surface area contributed by atoms with Crippen LogP contribution in [0.15, 0.2) is 54.6 Å². The van der Waals surface area contributed by atoms with Gasteiger partial charge in [0.2, 0.25) is 0 Å². The van der Waals surface area contributed by atoms with Crippen molar-refractivity contribution in [1.82, 2.24) is 0 Å². The Labute approximate surface area is 158 Å². The number of ether oxygens (including phenoxy) is 1. The standard InChI is InChI=1S/C22H30IO/c1-18(2)8-7-9-19(3)16-17-24-22-14-12-21(13-15-22)23-20-10-5-4-6-11-20/h4-6,10-15,18-19H,7-9,16-17H2,1-3H3/q+1. The Kier molecular flexibility index (Phi) is 8.65. The van der Waals surface area contributed by atoms with Crippen molar-refractivity contribution in [3.63, 3.8) is 0 Å². The van der Waals surface area contributed by atoms with Crippen LogP contribution in [0.1, 0.15) is 46.5 Å². The second-order valence-electron chi connectivity index (χ2n) is 6.91. The first-order valence-corrected chi connectivity index (χ1v) is 11.2. The van der Waals surface area contributed by atoms with Crippen molar-refractivity contribution in [2.75, 3.05) is 6.61 Å². The Morgan fingerprint density at radius 2 is 1.46 bits per heavy atom. The molecule has 0 fully saturated rings. The van der Waals surface area contributed by atoms with Gasteiger partial charge in [-0.3, -0.25) is 0 Å². The van der Waals surface area contributed by atoms with Crippen molar-refractivity contribution in [1.29, 1.82) is 0 Å². The molecule has 1 unspecified atom stereocenters. The van der Waals surface area contributed by atoms with Gasteiger partial charge in [0.05, 0.1) is 6.61 Å². The lowest BCUT2D eigenvalue weighted by Gasteiger charge is -2.13. The van der Waals surface area contributed by atoms with Crippen molar-refractivity contribution in [3.05, 3.63) is 61.7 Å². The van der Waals surface area contributed by atoms with Crippen LogP contribution in [0.4, 0.5) is 0 Å². The molecule has 0 aliphatic rings. The van der Waals surface area contributed by atoms with Crippen molar-refractivity contribution < 1.29 is 25.9 Å². The summed E-state index contributed by atoms with van der Waals surface area (Å²) in [6, 6.07) is 19.5. The summed E-state index contributed by atoms with van der Waals surface area (Å²) in [6.07, 6.45) is 5.16. The lowest BCUT2D eigenvalue weighted by molar-refractivity contribution is -0.597. The van der Waals surface area contributed by atoms with Crippen LogP contribution in [0, 0.1) is 19.0 Å². The SMILES string of the molecule is CC(C)CCCC(C)CCOc1ccc([I+]c2ccccc2)cc1. The Balaban J connectivity index is 1.68. The number of hydrogen-bond acceptors (Lipinski definition) is 1. The smallest absolute Gasteiger partial charge is 0.357 e. The fourth-order valence-electron chi connectivity index (χ4n) is 2.59. The quantitative estimate of drug-likeness (QED) is 0.520. The second kappa shape index (κ2) is 10.8. The molecule has 0 aliphatic heterocycles. The van der Waals surface area contributed by atoms with Crippen LogP contribution in [0.3, 0.4) is 0 Å². The first kappa shape index (κ1) is 19.3. The number of benzene rings is 2. The van der Waals surface area contributed by atoms with Gasteiger partial charge in [-0.1, -0.05) is 58.2 Å². The van der Waals surface area contributed by atoms with Gasteiger partial charge in [0.25, 0.3) is 0 Å². The third-order valence-corrected chi connectivity index (χ3v) is 6.81. The lowest BCUT2D eigenvalue weighted by atomic mass is 9.98. The maximum absolute atomic E-state index is 5.92. The summed E-state index contributed by atoms with van der Waals surface area (Å²) in [4.78, 5) is 0. The Hall–Kier alpha value is -1.03. The highest BCUT2D eigenvalue weighted by molar-refractivity contribution is 5.20. The van der Waals surface area contributed by atoms with Crippen molar-refractivity contribution in [2.45, 2.75) is 46.5 Å². The van der Waals surface area contributed by atoms with E-state index >= 15 is 0 Å². The first-order chi connectivity index (χ1) is 11.6. The molecule has 0 saturated carbocycles. The van der Waals surface area contributed by atoms with E-state index in [9.17, 15) is 0 Å². The second-order valence-corrected chi connectivity index (χ2v) is 9.94. The summed E-state index contributed by atoms with van der Waals surface area (Å²) >= 11 is -0.0767. The van der Waals surface area contributed by atoms with Crippen molar-refractivity contribution in [2.24, 2.45) is 11.8 Å². The molecule has 24 heavy (non-hydrogen) atoms. The minimum Gasteiger partial charge on any atom is -0.494 e. The van der Waals surface area contributed by atoms with Crippen LogP contribution in [-0.2, 0) is 0 Å². The summed E-state index contributed by atoms with van der Waals surface area (Å²) < 4.78 is 8.82. The minimum absolute atomic E-state index is 0.0767. The third-order valence-electron chi connectivity index (χ3n) is 4.12. The van der Waals surface area contributed by atoms with Crippen LogP contribution in [0.5, 0.6) is 5.75 Å². The van der Waals surface area contributed by atoms with Crippen LogP contribution >= 0.6 is 0 Å². The fourth-order valence-corrected chi connectivity index (χ4v) is 4.81. The van der Waals surface area contributed by atoms with Crippen LogP contribution in [-0.4, -0.2) is 6.61 Å². The van der Waals surface area contributed by atoms with Gasteiger partial charge in [-0.25, -0.2) is 0 Å². The zero-order chi connectivity index (χ0) is 17.2. The Morgan fingerprint density at radius 3 is 2.12 bits per heavy atom. The summed E-state index contributed by atoms with van der Waals surface area (Å²) in [5.74, 6) is 2.59. The Bertz CT molecular complexity index is 562. The molecular weight excluding hydrogens is 407 g/mol. The zero-order valence-electron chi connectivity index (χ0n) is 15.2. The van der Waals surface area contributed by atoms with Crippen LogP contribution in [0.25, 0.3) is 0 Å². The zero-order valence-corrected chi connectivity index (χ0v) is 17.3. The molecule has 2 rings (SSSR count). The molecule has 0 N–H and O–H groups in total. The monoisotopic (exact) mass is 437 g/mol. The topological polar surface area (TPSA) is 9.23 Å². The minimum atomic E-state index is -0.0767. The Morgan fingerprint density at radius 1 is 0.792 bits per heavy atom. The van der Waals surface area contributed by atoms with E-state index in [-0.39, 0.29) is 21.2 Å². The van der Waals surface area contributed by atoms with Crippen LogP contribution < -0.4 is 25.9 Å². The van der Waals surface area contributed by atoms with E-state index in [0.29, 0.717) is 0 Å². The van der Waals surface area contributed by atoms with E-state index in [4.69, 9.17) is 4.74 Å². The highest BCUT2D eigenvalue weighted by atomic mass is 127. The largest absolute Gasteiger partial charge is 0.494 e. The average molecular weight is 437 g/mol. The predicted molar refractivity (Wildman–Crippen MR) is 98.2 cm³/mol. The fraction of sp³-hybridized carbons (Fsp3) is 0.455. The van der Waals surface area contributed by atoms with Gasteiger partial charge >= 0.3 is 21.2 Å². The maximum Gasteiger partial charge on any atom is 0.357 e. The molecular formula is C22H30IO+. The summed E-state index contributed by atoms with van der Waals surface area (Å²) in [5, 5.41) is 0. The molecule has 0 spiro atoms. The number of rotatable bonds is 10. The van der Waals surface area contributed by atoms with Crippen molar-refractivity contribution in [3.8, 4) is 5.75 Å². The molecule has 1 atom stereocenters. The van der Waals surface area contributed by atoms with Gasteiger partial charge in [0.15, 0.2) is 7.14 Å². The molecule has 0 heterocycles. The number of hydrogen-bond donors (Lipinski definition) is 0. The summed E-state index contributed by atoms with van der Waals surface area (Å²) in [7, 11) is 0. The molecule has 130 valence electrons. The maximum atomic E-state index is 5.92. The van der Waals surface area contributed by atoms with Crippen molar-refractivity contribution >= 4 is 0 Å². The van der Waals surface area contributed by atoms with Gasteiger partial charge in [0.1, 0.15) is 5.75 Å². The molecule has 2 aromatic carbocycles. The highest BCUT2D eigenvalue weighted by Crippen LogP contribution is 2.16. The number of halogens is 1. The summed E-state index contributed by atoms with van der Waals surface area (Å²) in [6.45, 7) is 7.78. The van der Waals surface area contributed by atoms with E-state index in [2.05, 4.69) is 75.4 Å². The average Bonchev–Trinajstić information content (AvgIpc) is 2.57. The molecule has 0 amide bonds. The van der Waals surface area contributed by atoms with Crippen LogP contribution in [0.2, 0.25) is 0 Å². The van der Waals surface area contributed by atoms with Gasteiger partial charge in [-0.15, -0.1) is 0 Å². The van der Waals surface area contributed by atoms with Gasteiger partial charge < -0.3 is 4.74 Å².